The normalized spacial score (nSPS) is 23.0. The van der Waals surface area contributed by atoms with Gasteiger partial charge in [0.15, 0.2) is 0 Å². The largest absolute Gasteiger partial charge is 0.374 e. The van der Waals surface area contributed by atoms with Crippen LogP contribution in [0.25, 0.3) is 0 Å². The van der Waals surface area contributed by atoms with Crippen LogP contribution in [0.2, 0.25) is 0 Å². The van der Waals surface area contributed by atoms with Gasteiger partial charge in [0, 0.05) is 6.61 Å². The van der Waals surface area contributed by atoms with E-state index < -0.39 is 0 Å². The summed E-state index contributed by atoms with van der Waals surface area (Å²) in [5, 5.41) is 0. The zero-order chi connectivity index (χ0) is 10.2. The van der Waals surface area contributed by atoms with Crippen molar-refractivity contribution in [1.82, 2.24) is 0 Å². The second-order valence-corrected chi connectivity index (χ2v) is 5.36. The molecule has 1 aliphatic rings. The molecule has 1 heterocycles. The number of halogens is 1. The summed E-state index contributed by atoms with van der Waals surface area (Å²) in [6.07, 6.45) is 11.9. The third-order valence-electron chi connectivity index (χ3n) is 2.60. The molecule has 0 amide bonds. The molecule has 2 heteroatoms. The Labute approximate surface area is 101 Å². The van der Waals surface area contributed by atoms with Crippen LogP contribution in [0.1, 0.15) is 51.9 Å². The molecule has 0 aromatic heterocycles. The monoisotopic (exact) mass is 308 g/mol. The van der Waals surface area contributed by atoms with Gasteiger partial charge in [-0.3, -0.25) is 0 Å². The summed E-state index contributed by atoms with van der Waals surface area (Å²) in [6, 6.07) is 0. The number of rotatable bonds is 6. The molecule has 1 unspecified atom stereocenters. The minimum atomic E-state index is 0.424. The first-order chi connectivity index (χ1) is 6.83. The number of hydrogen-bond acceptors (Lipinski definition) is 1. The lowest BCUT2D eigenvalue weighted by Crippen LogP contribution is -1.99. The average Bonchev–Trinajstić information content (AvgIpc) is 2.65. The van der Waals surface area contributed by atoms with Gasteiger partial charge < -0.3 is 4.74 Å². The summed E-state index contributed by atoms with van der Waals surface area (Å²) >= 11 is 2.46. The predicted molar refractivity (Wildman–Crippen MR) is 69.8 cm³/mol. The standard InChI is InChI=1S/C12H21IO/c1-2-3-4-5-7-11(13)10-12-8-6-9-14-12/h10,12H,2-9H2,1H3/b11-10+. The van der Waals surface area contributed by atoms with Crippen molar-refractivity contribution < 1.29 is 4.74 Å². The van der Waals surface area contributed by atoms with Crippen LogP contribution in [-0.4, -0.2) is 12.7 Å². The molecule has 1 saturated heterocycles. The first kappa shape index (κ1) is 12.5. The van der Waals surface area contributed by atoms with Gasteiger partial charge in [0.25, 0.3) is 0 Å². The molecule has 0 radical (unpaired) electrons. The average molecular weight is 308 g/mol. The lowest BCUT2D eigenvalue weighted by atomic mass is 10.1. The summed E-state index contributed by atoms with van der Waals surface area (Å²) in [7, 11) is 0. The van der Waals surface area contributed by atoms with Gasteiger partial charge in [-0.1, -0.05) is 26.2 Å². The van der Waals surface area contributed by atoms with Crippen molar-refractivity contribution in [2.45, 2.75) is 58.0 Å². The lowest BCUT2D eigenvalue weighted by molar-refractivity contribution is 0.145. The van der Waals surface area contributed by atoms with Gasteiger partial charge in [-0.2, -0.15) is 0 Å². The van der Waals surface area contributed by atoms with Gasteiger partial charge in [-0.15, -0.1) is 0 Å². The summed E-state index contributed by atoms with van der Waals surface area (Å²) in [4.78, 5) is 0. The molecule has 0 saturated carbocycles. The molecule has 0 bridgehead atoms. The third kappa shape index (κ3) is 5.35. The smallest absolute Gasteiger partial charge is 0.0766 e. The zero-order valence-electron chi connectivity index (χ0n) is 9.10. The highest BCUT2D eigenvalue weighted by Gasteiger charge is 2.12. The molecular weight excluding hydrogens is 287 g/mol. The molecule has 1 rings (SSSR count). The minimum Gasteiger partial charge on any atom is -0.374 e. The van der Waals surface area contributed by atoms with E-state index in [0.717, 1.165) is 6.61 Å². The first-order valence-electron chi connectivity index (χ1n) is 5.80. The summed E-state index contributed by atoms with van der Waals surface area (Å²) in [6.45, 7) is 3.22. The van der Waals surface area contributed by atoms with Gasteiger partial charge in [-0.25, -0.2) is 0 Å². The Bertz CT molecular complexity index is 171. The Kier molecular flexibility index (Phi) is 6.86. The van der Waals surface area contributed by atoms with Crippen LogP contribution in [0.15, 0.2) is 9.66 Å². The van der Waals surface area contributed by atoms with Crippen LogP contribution in [-0.2, 0) is 4.74 Å². The highest BCUT2D eigenvalue weighted by molar-refractivity contribution is 14.1. The van der Waals surface area contributed by atoms with E-state index in [9.17, 15) is 0 Å². The number of unbranched alkanes of at least 4 members (excludes halogenated alkanes) is 3. The van der Waals surface area contributed by atoms with E-state index in [2.05, 4.69) is 35.6 Å². The molecule has 0 N–H and O–H groups in total. The minimum absolute atomic E-state index is 0.424. The van der Waals surface area contributed by atoms with E-state index in [1.165, 1.54) is 48.5 Å². The van der Waals surface area contributed by atoms with Crippen molar-refractivity contribution in [3.63, 3.8) is 0 Å². The van der Waals surface area contributed by atoms with Crippen molar-refractivity contribution in [3.8, 4) is 0 Å². The molecule has 1 aliphatic heterocycles. The maximum atomic E-state index is 5.57. The Morgan fingerprint density at radius 2 is 2.29 bits per heavy atom. The van der Waals surface area contributed by atoms with Crippen molar-refractivity contribution >= 4 is 22.6 Å². The molecule has 0 spiro atoms. The predicted octanol–water partition coefficient (Wildman–Crippen LogP) is 4.45. The van der Waals surface area contributed by atoms with Crippen molar-refractivity contribution in [3.05, 3.63) is 9.66 Å². The quantitative estimate of drug-likeness (QED) is 0.520. The third-order valence-corrected chi connectivity index (χ3v) is 3.50. The van der Waals surface area contributed by atoms with E-state index in [1.54, 1.807) is 0 Å². The van der Waals surface area contributed by atoms with Crippen LogP contribution in [0.3, 0.4) is 0 Å². The molecule has 14 heavy (non-hydrogen) atoms. The molecule has 82 valence electrons. The van der Waals surface area contributed by atoms with Gasteiger partial charge in [-0.05, 0) is 57.9 Å². The van der Waals surface area contributed by atoms with Crippen LogP contribution in [0.5, 0.6) is 0 Å². The van der Waals surface area contributed by atoms with Crippen LogP contribution >= 0.6 is 22.6 Å². The molecule has 0 aromatic carbocycles. The Morgan fingerprint density at radius 3 is 2.93 bits per heavy atom. The maximum Gasteiger partial charge on any atom is 0.0766 e. The van der Waals surface area contributed by atoms with Gasteiger partial charge in [0.05, 0.1) is 6.10 Å². The number of hydrogen-bond donors (Lipinski definition) is 0. The van der Waals surface area contributed by atoms with Crippen LogP contribution in [0.4, 0.5) is 0 Å². The lowest BCUT2D eigenvalue weighted by Gasteiger charge is -2.05. The molecule has 0 aliphatic carbocycles. The van der Waals surface area contributed by atoms with Gasteiger partial charge in [0.1, 0.15) is 0 Å². The Morgan fingerprint density at radius 1 is 1.43 bits per heavy atom. The van der Waals surface area contributed by atoms with Crippen molar-refractivity contribution in [1.29, 1.82) is 0 Å². The molecule has 1 atom stereocenters. The number of ether oxygens (including phenoxy) is 1. The van der Waals surface area contributed by atoms with E-state index in [-0.39, 0.29) is 0 Å². The van der Waals surface area contributed by atoms with E-state index in [0.29, 0.717) is 6.10 Å². The van der Waals surface area contributed by atoms with E-state index in [4.69, 9.17) is 4.74 Å². The van der Waals surface area contributed by atoms with Crippen molar-refractivity contribution in [2.75, 3.05) is 6.61 Å². The fraction of sp³-hybridized carbons (Fsp3) is 0.833. The maximum absolute atomic E-state index is 5.57. The van der Waals surface area contributed by atoms with Crippen LogP contribution in [0, 0.1) is 0 Å². The van der Waals surface area contributed by atoms with E-state index in [1.807, 2.05) is 0 Å². The van der Waals surface area contributed by atoms with Crippen molar-refractivity contribution in [2.24, 2.45) is 0 Å². The molecular formula is C12H21IO. The van der Waals surface area contributed by atoms with Crippen LogP contribution < -0.4 is 0 Å². The molecule has 1 nitrogen and oxygen atoms in total. The summed E-state index contributed by atoms with van der Waals surface area (Å²) in [5.74, 6) is 0. The summed E-state index contributed by atoms with van der Waals surface area (Å²) in [5.41, 5.74) is 0. The summed E-state index contributed by atoms with van der Waals surface area (Å²) < 4.78 is 7.06. The Balaban J connectivity index is 2.09. The topological polar surface area (TPSA) is 9.23 Å². The highest BCUT2D eigenvalue weighted by atomic mass is 127. The second-order valence-electron chi connectivity index (χ2n) is 3.98. The second kappa shape index (κ2) is 7.69. The van der Waals surface area contributed by atoms with E-state index >= 15 is 0 Å². The SMILES string of the molecule is CCCCCC/C(I)=C\C1CCCO1. The molecule has 0 aromatic rings. The fourth-order valence-corrected chi connectivity index (χ4v) is 2.52. The Hall–Kier alpha value is 0.430. The molecule has 1 fully saturated rings. The fourth-order valence-electron chi connectivity index (χ4n) is 1.74. The van der Waals surface area contributed by atoms with Gasteiger partial charge in [0.2, 0.25) is 0 Å². The number of allylic oxidation sites excluding steroid dienone is 1. The first-order valence-corrected chi connectivity index (χ1v) is 6.88. The van der Waals surface area contributed by atoms with Gasteiger partial charge >= 0.3 is 0 Å². The highest BCUT2D eigenvalue weighted by Crippen LogP contribution is 2.21. The zero-order valence-corrected chi connectivity index (χ0v) is 11.3.